The number of nitrogens with zero attached hydrogens (tertiary/aromatic N) is 2. The zero-order chi connectivity index (χ0) is 16.8. The van der Waals surface area contributed by atoms with Crippen molar-refractivity contribution in [3.8, 4) is 0 Å². The SMILES string of the molecule is CCc1nc(CNc2ccccc2CN2CCC(CO)CC2)cs1. The van der Waals surface area contributed by atoms with E-state index in [0.29, 0.717) is 12.5 Å². The molecule has 3 rings (SSSR count). The maximum Gasteiger partial charge on any atom is 0.0926 e. The molecule has 130 valence electrons. The molecule has 0 bridgehead atoms. The van der Waals surface area contributed by atoms with Gasteiger partial charge in [0.05, 0.1) is 17.2 Å². The number of hydrogen-bond donors (Lipinski definition) is 2. The molecule has 2 N–H and O–H groups in total. The number of hydrogen-bond acceptors (Lipinski definition) is 5. The van der Waals surface area contributed by atoms with E-state index in [1.807, 2.05) is 0 Å². The topological polar surface area (TPSA) is 48.4 Å². The number of thiazole rings is 1. The van der Waals surface area contributed by atoms with Gasteiger partial charge in [0.15, 0.2) is 0 Å². The molecule has 1 fully saturated rings. The number of para-hydroxylation sites is 1. The molecule has 1 aromatic carbocycles. The minimum Gasteiger partial charge on any atom is -0.396 e. The van der Waals surface area contributed by atoms with Crippen LogP contribution in [0.25, 0.3) is 0 Å². The van der Waals surface area contributed by atoms with Gasteiger partial charge in [0.2, 0.25) is 0 Å². The molecule has 0 spiro atoms. The van der Waals surface area contributed by atoms with Crippen LogP contribution in [0.3, 0.4) is 0 Å². The van der Waals surface area contributed by atoms with Crippen molar-refractivity contribution in [2.75, 3.05) is 25.0 Å². The maximum absolute atomic E-state index is 9.28. The van der Waals surface area contributed by atoms with Crippen LogP contribution in [0.2, 0.25) is 0 Å². The Morgan fingerprint density at radius 3 is 2.79 bits per heavy atom. The molecule has 0 aliphatic carbocycles. The van der Waals surface area contributed by atoms with Crippen molar-refractivity contribution in [3.05, 3.63) is 45.9 Å². The van der Waals surface area contributed by atoms with Gasteiger partial charge in [-0.25, -0.2) is 4.98 Å². The van der Waals surface area contributed by atoms with Gasteiger partial charge in [-0.3, -0.25) is 4.90 Å². The number of piperidine rings is 1. The monoisotopic (exact) mass is 345 g/mol. The Kier molecular flexibility index (Phi) is 6.24. The van der Waals surface area contributed by atoms with Crippen LogP contribution in [0.15, 0.2) is 29.6 Å². The van der Waals surface area contributed by atoms with E-state index < -0.39 is 0 Å². The van der Waals surface area contributed by atoms with Crippen molar-refractivity contribution >= 4 is 17.0 Å². The summed E-state index contributed by atoms with van der Waals surface area (Å²) in [7, 11) is 0. The second-order valence-electron chi connectivity index (χ2n) is 6.50. The zero-order valence-corrected chi connectivity index (χ0v) is 15.2. The smallest absolute Gasteiger partial charge is 0.0926 e. The summed E-state index contributed by atoms with van der Waals surface area (Å²) >= 11 is 1.74. The molecule has 4 nitrogen and oxygen atoms in total. The summed E-state index contributed by atoms with van der Waals surface area (Å²) in [5.41, 5.74) is 3.66. The molecule has 1 aliphatic rings. The summed E-state index contributed by atoms with van der Waals surface area (Å²) in [6, 6.07) is 8.56. The fourth-order valence-electron chi connectivity index (χ4n) is 3.18. The summed E-state index contributed by atoms with van der Waals surface area (Å²) < 4.78 is 0. The van der Waals surface area contributed by atoms with Crippen molar-refractivity contribution in [1.82, 2.24) is 9.88 Å². The number of nitrogens with one attached hydrogen (secondary N) is 1. The van der Waals surface area contributed by atoms with Crippen molar-refractivity contribution < 1.29 is 5.11 Å². The average Bonchev–Trinajstić information content (AvgIpc) is 3.10. The van der Waals surface area contributed by atoms with E-state index in [0.717, 1.165) is 51.1 Å². The van der Waals surface area contributed by atoms with Crippen molar-refractivity contribution in [2.24, 2.45) is 5.92 Å². The Bertz CT molecular complexity index is 635. The molecule has 5 heteroatoms. The number of aryl methyl sites for hydroxylation is 1. The fraction of sp³-hybridized carbons (Fsp3) is 0.526. The minimum atomic E-state index is 0.333. The highest BCUT2D eigenvalue weighted by atomic mass is 32.1. The molecule has 1 aliphatic heterocycles. The van der Waals surface area contributed by atoms with Crippen LogP contribution in [0.4, 0.5) is 5.69 Å². The Hall–Kier alpha value is -1.43. The van der Waals surface area contributed by atoms with Crippen LogP contribution < -0.4 is 5.32 Å². The van der Waals surface area contributed by atoms with Gasteiger partial charge in [-0.1, -0.05) is 25.1 Å². The third-order valence-electron chi connectivity index (χ3n) is 4.74. The van der Waals surface area contributed by atoms with Crippen LogP contribution in [0, 0.1) is 5.92 Å². The van der Waals surface area contributed by atoms with Crippen LogP contribution in [-0.2, 0) is 19.5 Å². The van der Waals surface area contributed by atoms with E-state index in [-0.39, 0.29) is 0 Å². The summed E-state index contributed by atoms with van der Waals surface area (Å²) in [5, 5.41) is 16.2. The second-order valence-corrected chi connectivity index (χ2v) is 7.44. The highest BCUT2D eigenvalue weighted by Gasteiger charge is 2.19. The largest absolute Gasteiger partial charge is 0.396 e. The lowest BCUT2D eigenvalue weighted by molar-refractivity contribution is 0.127. The molecule has 0 unspecified atom stereocenters. The van der Waals surface area contributed by atoms with Crippen molar-refractivity contribution in [1.29, 1.82) is 0 Å². The molecule has 0 atom stereocenters. The predicted molar refractivity (Wildman–Crippen MR) is 100 cm³/mol. The Morgan fingerprint density at radius 1 is 1.29 bits per heavy atom. The molecule has 24 heavy (non-hydrogen) atoms. The lowest BCUT2D eigenvalue weighted by Gasteiger charge is -2.31. The molecule has 2 heterocycles. The maximum atomic E-state index is 9.28. The van der Waals surface area contributed by atoms with Crippen LogP contribution in [-0.4, -0.2) is 34.7 Å². The Labute approximate surface area is 148 Å². The molecule has 1 aromatic heterocycles. The number of benzene rings is 1. The quantitative estimate of drug-likeness (QED) is 0.806. The first kappa shape index (κ1) is 17.4. The number of aliphatic hydroxyl groups excluding tert-OH is 1. The van der Waals surface area contributed by atoms with Gasteiger partial charge < -0.3 is 10.4 Å². The van der Waals surface area contributed by atoms with Crippen LogP contribution >= 0.6 is 11.3 Å². The van der Waals surface area contributed by atoms with E-state index >= 15 is 0 Å². The summed E-state index contributed by atoms with van der Waals surface area (Å²) in [5.74, 6) is 0.493. The lowest BCUT2D eigenvalue weighted by Crippen LogP contribution is -2.34. The van der Waals surface area contributed by atoms with E-state index in [1.165, 1.54) is 16.3 Å². The Morgan fingerprint density at radius 2 is 2.08 bits per heavy atom. The van der Waals surface area contributed by atoms with Gasteiger partial charge >= 0.3 is 0 Å². The van der Waals surface area contributed by atoms with Crippen molar-refractivity contribution in [2.45, 2.75) is 39.3 Å². The zero-order valence-electron chi connectivity index (χ0n) is 14.4. The fourth-order valence-corrected chi connectivity index (χ4v) is 3.92. The highest BCUT2D eigenvalue weighted by molar-refractivity contribution is 7.09. The van der Waals surface area contributed by atoms with E-state index in [4.69, 9.17) is 0 Å². The van der Waals surface area contributed by atoms with Gasteiger partial charge in [-0.05, 0) is 49.9 Å². The van der Waals surface area contributed by atoms with Gasteiger partial charge in [0, 0.05) is 24.2 Å². The van der Waals surface area contributed by atoms with Crippen LogP contribution in [0.1, 0.15) is 36.0 Å². The summed E-state index contributed by atoms with van der Waals surface area (Å²) in [4.78, 5) is 7.12. The molecule has 1 saturated heterocycles. The predicted octanol–water partition coefficient (Wildman–Crippen LogP) is 3.52. The lowest BCUT2D eigenvalue weighted by atomic mass is 9.97. The Balaban J connectivity index is 1.58. The third-order valence-corrected chi connectivity index (χ3v) is 5.78. The number of anilines is 1. The first-order chi connectivity index (χ1) is 11.8. The standard InChI is InChI=1S/C19H27N3OS/c1-2-19-21-17(14-24-19)11-20-18-6-4-3-5-16(18)12-22-9-7-15(13-23)8-10-22/h3-6,14-15,20,23H,2,7-13H2,1H3. The molecule has 2 aromatic rings. The molecule has 0 saturated carbocycles. The second kappa shape index (κ2) is 8.60. The normalized spacial score (nSPS) is 16.4. The number of aliphatic hydroxyl groups is 1. The van der Waals surface area contributed by atoms with Gasteiger partial charge in [-0.15, -0.1) is 11.3 Å². The average molecular weight is 346 g/mol. The molecular weight excluding hydrogens is 318 g/mol. The number of likely N-dealkylation sites (tertiary alicyclic amines) is 1. The third kappa shape index (κ3) is 4.56. The van der Waals surface area contributed by atoms with Crippen molar-refractivity contribution in [3.63, 3.8) is 0 Å². The van der Waals surface area contributed by atoms with Gasteiger partial charge in [0.25, 0.3) is 0 Å². The first-order valence-electron chi connectivity index (χ1n) is 8.86. The van der Waals surface area contributed by atoms with E-state index in [2.05, 4.69) is 51.8 Å². The first-order valence-corrected chi connectivity index (χ1v) is 9.74. The van der Waals surface area contributed by atoms with E-state index in [9.17, 15) is 5.11 Å². The number of rotatable bonds is 7. The molecular formula is C19H27N3OS. The summed E-state index contributed by atoms with van der Waals surface area (Å²) in [6.07, 6.45) is 3.21. The molecule has 0 amide bonds. The minimum absolute atomic E-state index is 0.333. The molecule has 0 radical (unpaired) electrons. The number of aromatic nitrogens is 1. The van der Waals surface area contributed by atoms with Crippen LogP contribution in [0.5, 0.6) is 0 Å². The van der Waals surface area contributed by atoms with Gasteiger partial charge in [-0.2, -0.15) is 0 Å². The summed E-state index contributed by atoms with van der Waals surface area (Å²) in [6.45, 7) is 6.38. The highest BCUT2D eigenvalue weighted by Crippen LogP contribution is 2.22. The van der Waals surface area contributed by atoms with E-state index in [1.54, 1.807) is 11.3 Å². The van der Waals surface area contributed by atoms with Gasteiger partial charge in [0.1, 0.15) is 0 Å².